The molecule has 0 atom stereocenters. The van der Waals surface area contributed by atoms with Crippen LogP contribution in [0.15, 0.2) is 4.52 Å². The summed E-state index contributed by atoms with van der Waals surface area (Å²) in [5.41, 5.74) is 0. The van der Waals surface area contributed by atoms with E-state index in [1.54, 1.807) is 0 Å². The van der Waals surface area contributed by atoms with Gasteiger partial charge in [0.25, 0.3) is 0 Å². The molecule has 0 aliphatic rings. The molecule has 0 aliphatic carbocycles. The van der Waals surface area contributed by atoms with Crippen LogP contribution in [0.2, 0.25) is 0 Å². The Bertz CT molecular complexity index is 280. The van der Waals surface area contributed by atoms with E-state index in [9.17, 15) is 4.79 Å². The molecule has 1 rings (SSSR count). The maximum Gasteiger partial charge on any atom is 0.312 e. The molecule has 0 saturated carbocycles. The number of carbonyl (C=O) groups is 1. The first kappa shape index (κ1) is 8.70. The molecular formula is C7H10N2O3. The van der Waals surface area contributed by atoms with Crippen LogP contribution in [0.5, 0.6) is 0 Å². The third-order valence-corrected chi connectivity index (χ3v) is 1.30. The Kier molecular flexibility index (Phi) is 2.42. The SMILES string of the molecule is CC(C)c1noc(CC(=O)O)n1. The van der Waals surface area contributed by atoms with Crippen molar-refractivity contribution in [1.82, 2.24) is 10.1 Å². The second-order valence-electron chi connectivity index (χ2n) is 2.77. The molecule has 66 valence electrons. The fourth-order valence-corrected chi connectivity index (χ4v) is 0.704. The molecule has 0 aliphatic heterocycles. The molecule has 5 nitrogen and oxygen atoms in total. The fraction of sp³-hybridized carbons (Fsp3) is 0.571. The molecule has 1 aromatic rings. The Hall–Kier alpha value is -1.39. The first-order valence-corrected chi connectivity index (χ1v) is 3.64. The smallest absolute Gasteiger partial charge is 0.312 e. The van der Waals surface area contributed by atoms with Crippen LogP contribution in [0.3, 0.4) is 0 Å². The van der Waals surface area contributed by atoms with E-state index in [0.717, 1.165) is 0 Å². The van der Waals surface area contributed by atoms with Crippen molar-refractivity contribution in [3.8, 4) is 0 Å². The summed E-state index contributed by atoms with van der Waals surface area (Å²) in [5, 5.41) is 12.0. The van der Waals surface area contributed by atoms with Crippen molar-refractivity contribution in [2.75, 3.05) is 0 Å². The van der Waals surface area contributed by atoms with E-state index >= 15 is 0 Å². The van der Waals surface area contributed by atoms with E-state index in [0.29, 0.717) is 5.82 Å². The lowest BCUT2D eigenvalue weighted by Crippen LogP contribution is -2.00. The fourth-order valence-electron chi connectivity index (χ4n) is 0.704. The van der Waals surface area contributed by atoms with Crippen LogP contribution in [-0.4, -0.2) is 21.2 Å². The molecule has 0 aromatic carbocycles. The zero-order valence-electron chi connectivity index (χ0n) is 6.94. The molecule has 0 bridgehead atoms. The Morgan fingerprint density at radius 2 is 2.33 bits per heavy atom. The van der Waals surface area contributed by atoms with E-state index in [-0.39, 0.29) is 18.2 Å². The average Bonchev–Trinajstić information content (AvgIpc) is 2.34. The lowest BCUT2D eigenvalue weighted by molar-refractivity contribution is -0.136. The lowest BCUT2D eigenvalue weighted by atomic mass is 10.2. The van der Waals surface area contributed by atoms with Gasteiger partial charge in [-0.1, -0.05) is 19.0 Å². The van der Waals surface area contributed by atoms with Gasteiger partial charge in [-0.2, -0.15) is 4.98 Å². The summed E-state index contributed by atoms with van der Waals surface area (Å²) >= 11 is 0. The number of rotatable bonds is 3. The zero-order valence-corrected chi connectivity index (χ0v) is 6.94. The average molecular weight is 170 g/mol. The predicted octanol–water partition coefficient (Wildman–Crippen LogP) is 0.820. The van der Waals surface area contributed by atoms with Crippen LogP contribution in [0.1, 0.15) is 31.5 Å². The van der Waals surface area contributed by atoms with Crippen molar-refractivity contribution < 1.29 is 14.4 Å². The molecule has 0 fully saturated rings. The third-order valence-electron chi connectivity index (χ3n) is 1.30. The van der Waals surface area contributed by atoms with Gasteiger partial charge in [0.15, 0.2) is 5.82 Å². The molecule has 0 amide bonds. The molecule has 1 aromatic heterocycles. The molecule has 0 unspecified atom stereocenters. The third kappa shape index (κ3) is 2.05. The summed E-state index contributed by atoms with van der Waals surface area (Å²) in [6.07, 6.45) is -0.209. The monoisotopic (exact) mass is 170 g/mol. The van der Waals surface area contributed by atoms with Crippen LogP contribution in [0.25, 0.3) is 0 Å². The molecule has 0 spiro atoms. The molecule has 0 saturated heterocycles. The number of aliphatic carboxylic acids is 1. The van der Waals surface area contributed by atoms with Crippen molar-refractivity contribution in [2.45, 2.75) is 26.2 Å². The summed E-state index contributed by atoms with van der Waals surface area (Å²) < 4.78 is 4.69. The number of nitrogens with zero attached hydrogens (tertiary/aromatic N) is 2. The minimum absolute atomic E-state index is 0.159. The zero-order chi connectivity index (χ0) is 9.14. The number of hydrogen-bond acceptors (Lipinski definition) is 4. The van der Waals surface area contributed by atoms with Gasteiger partial charge in [0.1, 0.15) is 6.42 Å². The Balaban J connectivity index is 2.70. The van der Waals surface area contributed by atoms with Gasteiger partial charge < -0.3 is 9.63 Å². The molecule has 12 heavy (non-hydrogen) atoms. The molecular weight excluding hydrogens is 160 g/mol. The van der Waals surface area contributed by atoms with Crippen LogP contribution in [0, 0.1) is 0 Å². The van der Waals surface area contributed by atoms with E-state index in [4.69, 9.17) is 9.63 Å². The molecule has 0 radical (unpaired) electrons. The van der Waals surface area contributed by atoms with E-state index < -0.39 is 5.97 Å². The van der Waals surface area contributed by atoms with Crippen LogP contribution >= 0.6 is 0 Å². The predicted molar refractivity (Wildman–Crippen MR) is 39.7 cm³/mol. The first-order chi connectivity index (χ1) is 5.59. The van der Waals surface area contributed by atoms with Crippen molar-refractivity contribution in [3.63, 3.8) is 0 Å². The van der Waals surface area contributed by atoms with Gasteiger partial charge in [0, 0.05) is 5.92 Å². The van der Waals surface area contributed by atoms with Gasteiger partial charge in [-0.05, 0) is 0 Å². The quantitative estimate of drug-likeness (QED) is 0.726. The van der Waals surface area contributed by atoms with Crippen molar-refractivity contribution in [2.24, 2.45) is 0 Å². The lowest BCUT2D eigenvalue weighted by Gasteiger charge is -1.91. The van der Waals surface area contributed by atoms with Crippen molar-refractivity contribution >= 4 is 5.97 Å². The van der Waals surface area contributed by atoms with Crippen LogP contribution in [0.4, 0.5) is 0 Å². The minimum atomic E-state index is -0.964. The molecule has 1 heterocycles. The number of carboxylic acids is 1. The molecule has 1 N–H and O–H groups in total. The van der Waals surface area contributed by atoms with Crippen molar-refractivity contribution in [3.05, 3.63) is 11.7 Å². The first-order valence-electron chi connectivity index (χ1n) is 3.64. The van der Waals surface area contributed by atoms with Crippen LogP contribution in [-0.2, 0) is 11.2 Å². The Morgan fingerprint density at radius 1 is 1.67 bits per heavy atom. The van der Waals surface area contributed by atoms with Gasteiger partial charge in [-0.3, -0.25) is 4.79 Å². The van der Waals surface area contributed by atoms with Gasteiger partial charge in [-0.25, -0.2) is 0 Å². The maximum atomic E-state index is 10.2. The van der Waals surface area contributed by atoms with E-state index in [2.05, 4.69) is 10.1 Å². The normalized spacial score (nSPS) is 10.6. The second-order valence-corrected chi connectivity index (χ2v) is 2.77. The Morgan fingerprint density at radius 3 is 2.75 bits per heavy atom. The minimum Gasteiger partial charge on any atom is -0.481 e. The Labute approximate surface area is 69.4 Å². The number of carboxylic acid groups (broad SMARTS) is 1. The highest BCUT2D eigenvalue weighted by molar-refractivity contribution is 5.68. The van der Waals surface area contributed by atoms with Gasteiger partial charge in [0.05, 0.1) is 0 Å². The summed E-state index contributed by atoms with van der Waals surface area (Å²) in [6, 6.07) is 0. The standard InChI is InChI=1S/C7H10N2O3/c1-4(2)7-8-5(12-9-7)3-6(10)11/h4H,3H2,1-2H3,(H,10,11). The summed E-state index contributed by atoms with van der Waals surface area (Å²) in [4.78, 5) is 14.1. The topological polar surface area (TPSA) is 76.2 Å². The van der Waals surface area contributed by atoms with Crippen molar-refractivity contribution in [1.29, 1.82) is 0 Å². The largest absolute Gasteiger partial charge is 0.481 e. The van der Waals surface area contributed by atoms with E-state index in [1.165, 1.54) is 0 Å². The van der Waals surface area contributed by atoms with Gasteiger partial charge in [0.2, 0.25) is 5.89 Å². The van der Waals surface area contributed by atoms with Gasteiger partial charge in [-0.15, -0.1) is 0 Å². The molecule has 5 heteroatoms. The second kappa shape index (κ2) is 3.34. The van der Waals surface area contributed by atoms with E-state index in [1.807, 2.05) is 13.8 Å². The number of hydrogen-bond donors (Lipinski definition) is 1. The summed E-state index contributed by atoms with van der Waals surface area (Å²) in [5.74, 6) is -0.0947. The van der Waals surface area contributed by atoms with Crippen LogP contribution < -0.4 is 0 Å². The van der Waals surface area contributed by atoms with Gasteiger partial charge >= 0.3 is 5.97 Å². The highest BCUT2D eigenvalue weighted by Gasteiger charge is 2.11. The summed E-state index contributed by atoms with van der Waals surface area (Å²) in [6.45, 7) is 3.82. The highest BCUT2D eigenvalue weighted by atomic mass is 16.5. The number of aromatic nitrogens is 2. The highest BCUT2D eigenvalue weighted by Crippen LogP contribution is 2.09. The maximum absolute atomic E-state index is 10.2. The summed E-state index contributed by atoms with van der Waals surface area (Å²) in [7, 11) is 0.